The van der Waals surface area contributed by atoms with Gasteiger partial charge in [-0.15, -0.1) is 11.3 Å². The molecule has 10 nitrogen and oxygen atoms in total. The van der Waals surface area contributed by atoms with Crippen LogP contribution < -0.4 is 29.9 Å². The lowest BCUT2D eigenvalue weighted by Crippen LogP contribution is -2.24. The maximum Gasteiger partial charge on any atom is 0.267 e. The number of hydrogen-bond donors (Lipinski definition) is 1. The van der Waals surface area contributed by atoms with E-state index < -0.39 is 0 Å². The van der Waals surface area contributed by atoms with E-state index in [0.717, 1.165) is 31.2 Å². The molecule has 2 aromatic carbocycles. The van der Waals surface area contributed by atoms with Crippen LogP contribution in [-0.4, -0.2) is 55.9 Å². The van der Waals surface area contributed by atoms with Gasteiger partial charge in [0.25, 0.3) is 11.5 Å². The molecule has 0 atom stereocenters. The molecule has 0 saturated carbocycles. The van der Waals surface area contributed by atoms with E-state index in [4.69, 9.17) is 23.9 Å². The van der Waals surface area contributed by atoms with Crippen LogP contribution in [-0.2, 0) is 17.6 Å². The Morgan fingerprint density at radius 1 is 1.02 bits per heavy atom. The van der Waals surface area contributed by atoms with Crippen molar-refractivity contribution in [3.8, 4) is 28.7 Å². The van der Waals surface area contributed by atoms with Gasteiger partial charge in [-0.25, -0.2) is 10.4 Å². The minimum Gasteiger partial charge on any atom is -0.497 e. The quantitative estimate of drug-likeness (QED) is 0.123. The van der Waals surface area contributed by atoms with Crippen LogP contribution in [0.5, 0.6) is 23.0 Å². The lowest BCUT2D eigenvalue weighted by Gasteiger charge is -2.14. The standard InChI is InChI=1S/C29H30N4O6S2/c1-36-19-11-9-18(10-12-19)33-28(35)26-20-7-5-6-8-24(20)41-27(26)31-29(33)40-16-25(34)32-30-15-17-13-22(38-3)23(39-4)14-21(17)37-2/h9-15H,5-8,16H2,1-4H3,(H,32,34). The number of aryl methyl sites for hydroxylation is 2. The van der Waals surface area contributed by atoms with Gasteiger partial charge in [0.2, 0.25) is 0 Å². The maximum absolute atomic E-state index is 13.9. The van der Waals surface area contributed by atoms with E-state index in [1.54, 1.807) is 47.3 Å². The fourth-order valence-corrected chi connectivity index (χ4v) is 6.84. The number of carbonyl (C=O) groups is 1. The molecule has 1 aliphatic carbocycles. The third-order valence-corrected chi connectivity index (χ3v) is 8.87. The number of hydrogen-bond acceptors (Lipinski definition) is 10. The Morgan fingerprint density at radius 3 is 2.44 bits per heavy atom. The molecular formula is C29H30N4O6S2. The van der Waals surface area contributed by atoms with Gasteiger partial charge in [0.1, 0.15) is 16.3 Å². The number of rotatable bonds is 10. The van der Waals surface area contributed by atoms with Gasteiger partial charge < -0.3 is 18.9 Å². The summed E-state index contributed by atoms with van der Waals surface area (Å²) in [6.45, 7) is 0. The summed E-state index contributed by atoms with van der Waals surface area (Å²) in [5, 5.41) is 5.21. The molecule has 0 spiro atoms. The SMILES string of the molecule is COc1ccc(-n2c(SCC(=O)NN=Cc3cc(OC)c(OC)cc3OC)nc3sc4c(c3c2=O)CCCC4)cc1. The number of benzene rings is 2. The number of ether oxygens (including phenoxy) is 4. The van der Waals surface area contributed by atoms with Crippen LogP contribution in [0.1, 0.15) is 28.8 Å². The summed E-state index contributed by atoms with van der Waals surface area (Å²) in [5.41, 5.74) is 4.78. The normalized spacial score (nSPS) is 12.8. The summed E-state index contributed by atoms with van der Waals surface area (Å²) < 4.78 is 22.9. The van der Waals surface area contributed by atoms with Crippen molar-refractivity contribution in [1.82, 2.24) is 15.0 Å². The van der Waals surface area contributed by atoms with E-state index in [1.165, 1.54) is 44.2 Å². The van der Waals surface area contributed by atoms with Gasteiger partial charge in [-0.1, -0.05) is 11.8 Å². The molecule has 5 rings (SSSR count). The van der Waals surface area contributed by atoms with Gasteiger partial charge in [-0.3, -0.25) is 14.2 Å². The predicted molar refractivity (Wildman–Crippen MR) is 161 cm³/mol. The number of aromatic nitrogens is 2. The first-order valence-electron chi connectivity index (χ1n) is 12.9. The number of carbonyl (C=O) groups excluding carboxylic acids is 1. The zero-order valence-electron chi connectivity index (χ0n) is 23.2. The van der Waals surface area contributed by atoms with E-state index >= 15 is 0 Å². The van der Waals surface area contributed by atoms with Gasteiger partial charge in [-0.2, -0.15) is 5.10 Å². The van der Waals surface area contributed by atoms with E-state index in [2.05, 4.69) is 10.5 Å². The first kappa shape index (κ1) is 28.5. The molecule has 0 unspecified atom stereocenters. The predicted octanol–water partition coefficient (Wildman–Crippen LogP) is 4.60. The Morgan fingerprint density at radius 2 is 1.73 bits per heavy atom. The highest BCUT2D eigenvalue weighted by molar-refractivity contribution is 7.99. The van der Waals surface area contributed by atoms with Crippen LogP contribution in [0.25, 0.3) is 15.9 Å². The smallest absolute Gasteiger partial charge is 0.267 e. The van der Waals surface area contributed by atoms with Crippen LogP contribution in [0.2, 0.25) is 0 Å². The zero-order valence-corrected chi connectivity index (χ0v) is 24.8. The van der Waals surface area contributed by atoms with Crippen molar-refractivity contribution >= 4 is 45.4 Å². The monoisotopic (exact) mass is 594 g/mol. The highest BCUT2D eigenvalue weighted by atomic mass is 32.2. The maximum atomic E-state index is 13.9. The Hall–Kier alpha value is -4.03. The van der Waals surface area contributed by atoms with Crippen molar-refractivity contribution in [3.63, 3.8) is 0 Å². The zero-order chi connectivity index (χ0) is 28.9. The van der Waals surface area contributed by atoms with Crippen LogP contribution in [0.15, 0.2) is 51.5 Å². The molecule has 1 aliphatic rings. The summed E-state index contributed by atoms with van der Waals surface area (Å²) >= 11 is 2.76. The molecule has 214 valence electrons. The first-order valence-corrected chi connectivity index (χ1v) is 14.7. The molecule has 0 fully saturated rings. The van der Waals surface area contributed by atoms with E-state index in [-0.39, 0.29) is 17.2 Å². The number of methoxy groups -OCH3 is 4. The van der Waals surface area contributed by atoms with Gasteiger partial charge in [0.05, 0.1) is 51.5 Å². The highest BCUT2D eigenvalue weighted by Gasteiger charge is 2.23. The van der Waals surface area contributed by atoms with Crippen molar-refractivity contribution in [1.29, 1.82) is 0 Å². The fraction of sp³-hybridized carbons (Fsp3) is 0.310. The second-order valence-corrected chi connectivity index (χ2v) is 11.2. The molecule has 41 heavy (non-hydrogen) atoms. The topological polar surface area (TPSA) is 113 Å². The van der Waals surface area contributed by atoms with Crippen molar-refractivity contribution in [2.75, 3.05) is 34.2 Å². The van der Waals surface area contributed by atoms with Gasteiger partial charge in [0.15, 0.2) is 16.7 Å². The summed E-state index contributed by atoms with van der Waals surface area (Å²) in [5.74, 6) is 1.85. The van der Waals surface area contributed by atoms with E-state index in [1.807, 2.05) is 12.1 Å². The van der Waals surface area contributed by atoms with Gasteiger partial charge in [-0.05, 0) is 61.6 Å². The van der Waals surface area contributed by atoms with Crippen molar-refractivity contribution < 1.29 is 23.7 Å². The van der Waals surface area contributed by atoms with Crippen LogP contribution in [0.4, 0.5) is 0 Å². The molecule has 12 heteroatoms. The molecule has 1 amide bonds. The van der Waals surface area contributed by atoms with Crippen molar-refractivity contribution in [3.05, 3.63) is 62.8 Å². The molecule has 2 heterocycles. The Kier molecular flexibility index (Phi) is 8.79. The number of nitrogens with zero attached hydrogens (tertiary/aromatic N) is 3. The van der Waals surface area contributed by atoms with Crippen molar-refractivity contribution in [2.45, 2.75) is 30.8 Å². The molecule has 0 radical (unpaired) electrons. The molecule has 0 aliphatic heterocycles. The van der Waals surface area contributed by atoms with Gasteiger partial charge in [0, 0.05) is 16.5 Å². The third-order valence-electron chi connectivity index (χ3n) is 6.75. The lowest BCUT2D eigenvalue weighted by atomic mass is 9.97. The number of amides is 1. The largest absolute Gasteiger partial charge is 0.497 e. The minimum absolute atomic E-state index is 0.000397. The second-order valence-electron chi connectivity index (χ2n) is 9.16. The third kappa shape index (κ3) is 5.89. The number of nitrogens with one attached hydrogen (secondary N) is 1. The Balaban J connectivity index is 1.40. The fourth-order valence-electron chi connectivity index (χ4n) is 4.73. The summed E-state index contributed by atoms with van der Waals surface area (Å²) in [6.07, 6.45) is 5.49. The van der Waals surface area contributed by atoms with Crippen molar-refractivity contribution in [2.24, 2.45) is 5.10 Å². The van der Waals surface area contributed by atoms with E-state index in [9.17, 15) is 9.59 Å². The molecule has 4 aromatic rings. The number of thiophene rings is 1. The Bertz CT molecular complexity index is 1660. The van der Waals surface area contributed by atoms with E-state index in [0.29, 0.717) is 49.6 Å². The summed E-state index contributed by atoms with van der Waals surface area (Å²) in [6, 6.07) is 10.6. The molecular weight excluding hydrogens is 564 g/mol. The summed E-state index contributed by atoms with van der Waals surface area (Å²) in [7, 11) is 6.20. The minimum atomic E-state index is -0.355. The van der Waals surface area contributed by atoms with Gasteiger partial charge >= 0.3 is 0 Å². The average molecular weight is 595 g/mol. The van der Waals surface area contributed by atoms with Crippen LogP contribution >= 0.6 is 23.1 Å². The molecule has 0 saturated heterocycles. The van der Waals surface area contributed by atoms with Crippen LogP contribution in [0, 0.1) is 0 Å². The summed E-state index contributed by atoms with van der Waals surface area (Å²) in [4.78, 5) is 33.5. The molecule has 0 bridgehead atoms. The molecule has 1 N–H and O–H groups in total. The average Bonchev–Trinajstić information content (AvgIpc) is 3.38. The number of thioether (sulfide) groups is 1. The molecule has 2 aromatic heterocycles. The first-order chi connectivity index (χ1) is 20.0. The number of hydrazone groups is 1. The highest BCUT2D eigenvalue weighted by Crippen LogP contribution is 2.36. The second kappa shape index (κ2) is 12.6. The Labute approximate surface area is 245 Å². The lowest BCUT2D eigenvalue weighted by molar-refractivity contribution is -0.118. The number of fused-ring (bicyclic) bond motifs is 3. The van der Waals surface area contributed by atoms with Crippen LogP contribution in [0.3, 0.4) is 0 Å².